The van der Waals surface area contributed by atoms with Crippen LogP contribution in [0.3, 0.4) is 0 Å². The zero-order valence-electron chi connectivity index (χ0n) is 15.6. The van der Waals surface area contributed by atoms with Crippen molar-refractivity contribution < 1.29 is 4.79 Å². The van der Waals surface area contributed by atoms with E-state index in [4.69, 9.17) is 0 Å². The highest BCUT2D eigenvalue weighted by Crippen LogP contribution is 2.08. The first-order valence-corrected chi connectivity index (χ1v) is 9.24. The van der Waals surface area contributed by atoms with Crippen LogP contribution in [0.1, 0.15) is 16.1 Å². The van der Waals surface area contributed by atoms with Gasteiger partial charge >= 0.3 is 0 Å². The van der Waals surface area contributed by atoms with Gasteiger partial charge in [0.05, 0.1) is 17.6 Å². The third kappa shape index (κ3) is 4.30. The molecule has 0 bridgehead atoms. The molecule has 0 unspecified atom stereocenters. The predicted octanol–water partition coefficient (Wildman–Crippen LogP) is 2.39. The number of aromatic nitrogens is 4. The number of nitrogens with zero attached hydrogens (tertiary/aromatic N) is 4. The van der Waals surface area contributed by atoms with Gasteiger partial charge in [0, 0.05) is 18.8 Å². The van der Waals surface area contributed by atoms with Crippen molar-refractivity contribution in [2.24, 2.45) is 0 Å². The van der Waals surface area contributed by atoms with Gasteiger partial charge in [-0.15, -0.1) is 0 Å². The molecule has 144 valence electrons. The molecule has 0 aliphatic carbocycles. The number of hydrogen-bond donors (Lipinski definition) is 1. The van der Waals surface area contributed by atoms with E-state index in [0.717, 1.165) is 11.3 Å². The van der Waals surface area contributed by atoms with Crippen molar-refractivity contribution in [3.63, 3.8) is 0 Å². The van der Waals surface area contributed by atoms with Crippen molar-refractivity contribution >= 4 is 5.91 Å². The SMILES string of the molecule is O=C(NCCc1cnn(-c2ccccc2)c1)c1ccc(=O)n(-c2ccccc2)n1. The normalized spacial score (nSPS) is 10.6. The van der Waals surface area contributed by atoms with Crippen LogP contribution in [0, 0.1) is 0 Å². The summed E-state index contributed by atoms with van der Waals surface area (Å²) in [5, 5.41) is 11.4. The Balaban J connectivity index is 1.39. The summed E-state index contributed by atoms with van der Waals surface area (Å²) in [7, 11) is 0. The predicted molar refractivity (Wildman–Crippen MR) is 109 cm³/mol. The van der Waals surface area contributed by atoms with E-state index in [2.05, 4.69) is 15.5 Å². The average Bonchev–Trinajstić information content (AvgIpc) is 3.24. The van der Waals surface area contributed by atoms with E-state index in [-0.39, 0.29) is 17.2 Å². The highest BCUT2D eigenvalue weighted by atomic mass is 16.2. The van der Waals surface area contributed by atoms with Crippen molar-refractivity contribution in [2.45, 2.75) is 6.42 Å². The number of carbonyl (C=O) groups is 1. The molecule has 1 N–H and O–H groups in total. The molecule has 1 amide bonds. The topological polar surface area (TPSA) is 81.8 Å². The Hall–Kier alpha value is -4.00. The third-order valence-electron chi connectivity index (χ3n) is 4.39. The van der Waals surface area contributed by atoms with E-state index in [1.54, 1.807) is 23.0 Å². The van der Waals surface area contributed by atoms with Gasteiger partial charge in [0.1, 0.15) is 5.69 Å². The number of amides is 1. The molecule has 0 aliphatic heterocycles. The molecule has 2 aromatic carbocycles. The molecule has 0 aliphatic rings. The second kappa shape index (κ2) is 8.35. The van der Waals surface area contributed by atoms with E-state index in [0.29, 0.717) is 18.7 Å². The zero-order valence-corrected chi connectivity index (χ0v) is 15.6. The first-order valence-electron chi connectivity index (χ1n) is 9.24. The maximum atomic E-state index is 12.4. The first-order chi connectivity index (χ1) is 14.2. The van der Waals surface area contributed by atoms with Crippen LogP contribution in [0.15, 0.2) is 90.0 Å². The van der Waals surface area contributed by atoms with Gasteiger partial charge in [-0.3, -0.25) is 9.59 Å². The second-order valence-electron chi connectivity index (χ2n) is 6.44. The van der Waals surface area contributed by atoms with Crippen molar-refractivity contribution in [3.8, 4) is 11.4 Å². The van der Waals surface area contributed by atoms with Crippen LogP contribution in [0.2, 0.25) is 0 Å². The molecule has 4 rings (SSSR count). The summed E-state index contributed by atoms with van der Waals surface area (Å²) in [5.41, 5.74) is 2.50. The van der Waals surface area contributed by atoms with Crippen molar-refractivity contribution in [1.29, 1.82) is 0 Å². The standard InChI is InChI=1S/C22H19N5O2/c28-21-12-11-20(25-27(21)19-9-5-2-6-10-19)22(29)23-14-13-17-15-24-26(16-17)18-7-3-1-4-8-18/h1-12,15-16H,13-14H2,(H,23,29). The third-order valence-corrected chi connectivity index (χ3v) is 4.39. The monoisotopic (exact) mass is 385 g/mol. The number of rotatable bonds is 6. The van der Waals surface area contributed by atoms with E-state index >= 15 is 0 Å². The summed E-state index contributed by atoms with van der Waals surface area (Å²) in [5.74, 6) is -0.329. The molecule has 0 atom stereocenters. The minimum atomic E-state index is -0.329. The first kappa shape index (κ1) is 18.4. The molecule has 2 aromatic heterocycles. The van der Waals surface area contributed by atoms with Crippen LogP contribution in [0.4, 0.5) is 0 Å². The number of hydrogen-bond acceptors (Lipinski definition) is 4. The second-order valence-corrected chi connectivity index (χ2v) is 6.44. The summed E-state index contributed by atoms with van der Waals surface area (Å²) in [6, 6.07) is 21.6. The maximum absolute atomic E-state index is 12.4. The Kier molecular flexibility index (Phi) is 5.29. The molecule has 4 aromatic rings. The van der Waals surface area contributed by atoms with Gasteiger partial charge in [0.15, 0.2) is 0 Å². The lowest BCUT2D eigenvalue weighted by atomic mass is 10.2. The Morgan fingerprint density at radius 3 is 2.31 bits per heavy atom. The minimum absolute atomic E-state index is 0.188. The Labute approximate surface area is 167 Å². The molecule has 2 heterocycles. The molecule has 7 heteroatoms. The van der Waals surface area contributed by atoms with Crippen molar-refractivity contribution in [1.82, 2.24) is 24.9 Å². The van der Waals surface area contributed by atoms with Crippen molar-refractivity contribution in [2.75, 3.05) is 6.54 Å². The fraction of sp³-hybridized carbons (Fsp3) is 0.0909. The molecular formula is C22H19N5O2. The van der Waals surface area contributed by atoms with Gasteiger partial charge in [-0.2, -0.15) is 14.9 Å². The number of para-hydroxylation sites is 2. The number of benzene rings is 2. The lowest BCUT2D eigenvalue weighted by molar-refractivity contribution is 0.0947. The van der Waals surface area contributed by atoms with Gasteiger partial charge < -0.3 is 5.32 Å². The van der Waals surface area contributed by atoms with Crippen LogP contribution in [0.25, 0.3) is 11.4 Å². The summed E-state index contributed by atoms with van der Waals surface area (Å²) in [6.45, 7) is 0.436. The molecule has 29 heavy (non-hydrogen) atoms. The van der Waals surface area contributed by atoms with Gasteiger partial charge in [-0.25, -0.2) is 4.68 Å². The molecule has 0 saturated carbocycles. The maximum Gasteiger partial charge on any atom is 0.271 e. The van der Waals surface area contributed by atoms with Crippen molar-refractivity contribution in [3.05, 3.63) is 107 Å². The number of nitrogens with one attached hydrogen (secondary N) is 1. The number of carbonyl (C=O) groups excluding carboxylic acids is 1. The molecular weight excluding hydrogens is 366 g/mol. The molecule has 0 spiro atoms. The van der Waals surface area contributed by atoms with Crippen LogP contribution < -0.4 is 10.9 Å². The molecule has 0 saturated heterocycles. The average molecular weight is 385 g/mol. The zero-order chi connectivity index (χ0) is 20.1. The summed E-state index contributed by atoms with van der Waals surface area (Å²) in [4.78, 5) is 24.5. The largest absolute Gasteiger partial charge is 0.350 e. The fourth-order valence-corrected chi connectivity index (χ4v) is 2.91. The van der Waals surface area contributed by atoms with Gasteiger partial charge in [0.25, 0.3) is 11.5 Å². The quantitative estimate of drug-likeness (QED) is 0.553. The smallest absolute Gasteiger partial charge is 0.271 e. The lowest BCUT2D eigenvalue weighted by Gasteiger charge is -2.07. The van der Waals surface area contributed by atoms with Crippen LogP contribution in [-0.2, 0) is 6.42 Å². The molecule has 7 nitrogen and oxygen atoms in total. The van der Waals surface area contributed by atoms with Gasteiger partial charge in [-0.1, -0.05) is 36.4 Å². The Bertz CT molecular complexity index is 1170. The van der Waals surface area contributed by atoms with E-state index in [1.807, 2.05) is 54.7 Å². The molecule has 0 radical (unpaired) electrons. The molecule has 0 fully saturated rings. The fourth-order valence-electron chi connectivity index (χ4n) is 2.91. The summed E-state index contributed by atoms with van der Waals surface area (Å²) in [6.07, 6.45) is 4.36. The van der Waals surface area contributed by atoms with Crippen LogP contribution >= 0.6 is 0 Å². The Morgan fingerprint density at radius 1 is 0.897 bits per heavy atom. The van der Waals surface area contributed by atoms with E-state index in [1.165, 1.54) is 16.8 Å². The van der Waals surface area contributed by atoms with E-state index < -0.39 is 0 Å². The highest BCUT2D eigenvalue weighted by Gasteiger charge is 2.10. The Morgan fingerprint density at radius 2 is 1.59 bits per heavy atom. The van der Waals surface area contributed by atoms with Crippen LogP contribution in [-0.4, -0.2) is 32.0 Å². The van der Waals surface area contributed by atoms with E-state index in [9.17, 15) is 9.59 Å². The summed E-state index contributed by atoms with van der Waals surface area (Å²) < 4.78 is 3.02. The highest BCUT2D eigenvalue weighted by molar-refractivity contribution is 5.92. The lowest BCUT2D eigenvalue weighted by Crippen LogP contribution is -2.30. The van der Waals surface area contributed by atoms with Crippen LogP contribution in [0.5, 0.6) is 0 Å². The van der Waals surface area contributed by atoms with Gasteiger partial charge in [-0.05, 0) is 42.3 Å². The summed E-state index contributed by atoms with van der Waals surface area (Å²) >= 11 is 0. The minimum Gasteiger partial charge on any atom is -0.350 e. The van der Waals surface area contributed by atoms with Gasteiger partial charge in [0.2, 0.25) is 0 Å².